The summed E-state index contributed by atoms with van der Waals surface area (Å²) in [6, 6.07) is 7.17. The highest BCUT2D eigenvalue weighted by Gasteiger charge is 2.21. The molecule has 23 heavy (non-hydrogen) atoms. The first kappa shape index (κ1) is 16.2. The molecule has 0 bridgehead atoms. The highest BCUT2D eigenvalue weighted by atomic mass is 79.9. The molecule has 6 heteroatoms. The van der Waals surface area contributed by atoms with Gasteiger partial charge in [0.15, 0.2) is 5.78 Å². The first-order chi connectivity index (χ1) is 10.9. The molecule has 0 saturated heterocycles. The molecule has 0 aliphatic carbocycles. The van der Waals surface area contributed by atoms with Gasteiger partial charge >= 0.3 is 0 Å². The molecule has 3 aromatic rings. The van der Waals surface area contributed by atoms with Gasteiger partial charge in [-0.1, -0.05) is 6.92 Å². The number of carbonyl (C=O) groups excluding carboxylic acids is 1. The van der Waals surface area contributed by atoms with Gasteiger partial charge in [-0.05, 0) is 75.0 Å². The monoisotopic (exact) mass is 436 g/mol. The summed E-state index contributed by atoms with van der Waals surface area (Å²) in [5.41, 5.74) is 3.74. The number of phenolic OH excluding ortho intramolecular Hbond substituents is 1. The van der Waals surface area contributed by atoms with Crippen molar-refractivity contribution in [1.82, 2.24) is 9.61 Å². The summed E-state index contributed by atoms with van der Waals surface area (Å²) in [6.45, 7) is 3.97. The Labute approximate surface area is 150 Å². The van der Waals surface area contributed by atoms with Crippen molar-refractivity contribution in [3.8, 4) is 5.75 Å². The van der Waals surface area contributed by atoms with E-state index in [1.54, 1.807) is 16.6 Å². The molecule has 0 aliphatic heterocycles. The second kappa shape index (κ2) is 6.09. The predicted molar refractivity (Wildman–Crippen MR) is 96.2 cm³/mol. The number of ketones is 1. The summed E-state index contributed by atoms with van der Waals surface area (Å²) in [5.74, 6) is -0.0307. The van der Waals surface area contributed by atoms with E-state index in [0.29, 0.717) is 26.5 Å². The van der Waals surface area contributed by atoms with Crippen molar-refractivity contribution in [3.63, 3.8) is 0 Å². The minimum atomic E-state index is -0.108. The van der Waals surface area contributed by atoms with Crippen LogP contribution in [0.3, 0.4) is 0 Å². The third kappa shape index (κ3) is 2.81. The SMILES string of the molecule is CCc1nn2ccc(C)cc2c1C(=O)c1cc(Br)c(O)c(Br)c1. The Morgan fingerprint density at radius 2 is 1.91 bits per heavy atom. The van der Waals surface area contributed by atoms with Crippen molar-refractivity contribution in [2.24, 2.45) is 0 Å². The summed E-state index contributed by atoms with van der Waals surface area (Å²) in [5, 5.41) is 14.3. The van der Waals surface area contributed by atoms with Crippen molar-refractivity contribution < 1.29 is 9.90 Å². The van der Waals surface area contributed by atoms with Gasteiger partial charge in [-0.25, -0.2) is 4.52 Å². The van der Waals surface area contributed by atoms with Crippen molar-refractivity contribution in [1.29, 1.82) is 0 Å². The summed E-state index contributed by atoms with van der Waals surface area (Å²) in [4.78, 5) is 13.1. The van der Waals surface area contributed by atoms with Gasteiger partial charge in [-0.15, -0.1) is 0 Å². The van der Waals surface area contributed by atoms with Crippen molar-refractivity contribution in [2.45, 2.75) is 20.3 Å². The molecule has 0 saturated carbocycles. The molecular weight excluding hydrogens is 424 g/mol. The number of hydrogen-bond donors (Lipinski definition) is 1. The Morgan fingerprint density at radius 1 is 1.26 bits per heavy atom. The fraction of sp³-hybridized carbons (Fsp3) is 0.176. The Kier molecular flexibility index (Phi) is 4.29. The number of pyridine rings is 1. The number of hydrogen-bond acceptors (Lipinski definition) is 3. The van der Waals surface area contributed by atoms with Gasteiger partial charge in [0.05, 0.1) is 25.7 Å². The first-order valence-electron chi connectivity index (χ1n) is 7.13. The molecule has 0 fully saturated rings. The van der Waals surface area contributed by atoms with Crippen molar-refractivity contribution in [3.05, 3.63) is 61.8 Å². The molecule has 0 amide bonds. The second-order valence-electron chi connectivity index (χ2n) is 5.33. The molecule has 0 unspecified atom stereocenters. The number of carbonyl (C=O) groups is 1. The van der Waals surface area contributed by atoms with Gasteiger partial charge in [0.1, 0.15) is 5.75 Å². The highest BCUT2D eigenvalue weighted by molar-refractivity contribution is 9.11. The fourth-order valence-corrected chi connectivity index (χ4v) is 3.72. The summed E-state index contributed by atoms with van der Waals surface area (Å²) >= 11 is 6.54. The number of phenols is 1. The molecule has 0 atom stereocenters. The molecule has 3 rings (SSSR count). The Morgan fingerprint density at radius 3 is 2.52 bits per heavy atom. The maximum Gasteiger partial charge on any atom is 0.197 e. The Balaban J connectivity index is 2.23. The zero-order chi connectivity index (χ0) is 16.7. The fourth-order valence-electron chi connectivity index (χ4n) is 2.54. The van der Waals surface area contributed by atoms with Crippen LogP contribution in [0.15, 0.2) is 39.4 Å². The molecule has 2 heterocycles. The summed E-state index contributed by atoms with van der Waals surface area (Å²) in [6.07, 6.45) is 2.53. The molecule has 4 nitrogen and oxygen atoms in total. The molecule has 0 spiro atoms. The van der Waals surface area contributed by atoms with Crippen LogP contribution in [-0.2, 0) is 6.42 Å². The molecule has 0 aliphatic rings. The average molecular weight is 438 g/mol. The van der Waals surface area contributed by atoms with E-state index >= 15 is 0 Å². The van der Waals surface area contributed by atoms with E-state index in [9.17, 15) is 9.90 Å². The minimum absolute atomic E-state index is 0.0768. The number of rotatable bonds is 3. The summed E-state index contributed by atoms with van der Waals surface area (Å²) in [7, 11) is 0. The third-order valence-corrected chi connectivity index (χ3v) is 4.91. The first-order valence-corrected chi connectivity index (χ1v) is 8.71. The largest absolute Gasteiger partial charge is 0.506 e. The van der Waals surface area contributed by atoms with E-state index in [1.165, 1.54) is 0 Å². The number of fused-ring (bicyclic) bond motifs is 1. The van der Waals surface area contributed by atoms with Crippen LogP contribution in [0.1, 0.15) is 34.1 Å². The predicted octanol–water partition coefficient (Wildman–Crippen LogP) is 4.67. The molecule has 0 radical (unpaired) electrons. The van der Waals surface area contributed by atoms with E-state index in [-0.39, 0.29) is 11.5 Å². The van der Waals surface area contributed by atoms with E-state index in [2.05, 4.69) is 37.0 Å². The number of nitrogens with zero attached hydrogens (tertiary/aromatic N) is 2. The van der Waals surface area contributed by atoms with Crippen molar-refractivity contribution in [2.75, 3.05) is 0 Å². The smallest absolute Gasteiger partial charge is 0.197 e. The number of benzene rings is 1. The van der Waals surface area contributed by atoms with Crippen LogP contribution >= 0.6 is 31.9 Å². The lowest BCUT2D eigenvalue weighted by Crippen LogP contribution is -2.04. The lowest BCUT2D eigenvalue weighted by atomic mass is 10.0. The highest BCUT2D eigenvalue weighted by Crippen LogP contribution is 2.34. The van der Waals surface area contributed by atoms with E-state index in [4.69, 9.17) is 0 Å². The molecule has 1 aromatic carbocycles. The zero-order valence-electron chi connectivity index (χ0n) is 12.6. The summed E-state index contributed by atoms with van der Waals surface area (Å²) < 4.78 is 2.69. The topological polar surface area (TPSA) is 54.6 Å². The number of aromatic nitrogens is 2. The van der Waals surface area contributed by atoms with Crippen LogP contribution in [0.25, 0.3) is 5.52 Å². The average Bonchev–Trinajstić information content (AvgIpc) is 2.89. The molecular formula is C17H14Br2N2O2. The van der Waals surface area contributed by atoms with E-state index in [1.807, 2.05) is 32.2 Å². The quantitative estimate of drug-likeness (QED) is 0.606. The molecule has 1 N–H and O–H groups in total. The third-order valence-electron chi connectivity index (χ3n) is 3.70. The van der Waals surface area contributed by atoms with Crippen LogP contribution in [-0.4, -0.2) is 20.5 Å². The van der Waals surface area contributed by atoms with E-state index in [0.717, 1.165) is 16.8 Å². The molecule has 2 aromatic heterocycles. The van der Waals surface area contributed by atoms with Crippen LogP contribution in [0.2, 0.25) is 0 Å². The van der Waals surface area contributed by atoms with Gasteiger partial charge < -0.3 is 5.11 Å². The lowest BCUT2D eigenvalue weighted by Gasteiger charge is -2.06. The maximum absolute atomic E-state index is 13.1. The van der Waals surface area contributed by atoms with Crippen LogP contribution in [0.4, 0.5) is 0 Å². The van der Waals surface area contributed by atoms with Gasteiger partial charge in [-0.3, -0.25) is 4.79 Å². The van der Waals surface area contributed by atoms with Crippen LogP contribution in [0, 0.1) is 6.92 Å². The number of aromatic hydroxyl groups is 1. The van der Waals surface area contributed by atoms with E-state index < -0.39 is 0 Å². The zero-order valence-corrected chi connectivity index (χ0v) is 15.8. The Hall–Kier alpha value is -1.66. The second-order valence-corrected chi connectivity index (χ2v) is 7.04. The van der Waals surface area contributed by atoms with Crippen LogP contribution in [0.5, 0.6) is 5.75 Å². The number of halogens is 2. The normalized spacial score (nSPS) is 11.1. The van der Waals surface area contributed by atoms with Gasteiger partial charge in [-0.2, -0.15) is 5.10 Å². The maximum atomic E-state index is 13.1. The molecule has 118 valence electrons. The lowest BCUT2D eigenvalue weighted by molar-refractivity contribution is 0.103. The minimum Gasteiger partial charge on any atom is -0.506 e. The number of aryl methyl sites for hydroxylation is 2. The van der Waals surface area contributed by atoms with Gasteiger partial charge in [0.2, 0.25) is 0 Å². The van der Waals surface area contributed by atoms with Gasteiger partial charge in [0.25, 0.3) is 0 Å². The Bertz CT molecular complexity index is 909. The van der Waals surface area contributed by atoms with Crippen molar-refractivity contribution >= 4 is 43.2 Å². The van der Waals surface area contributed by atoms with Crippen LogP contribution < -0.4 is 0 Å². The van der Waals surface area contributed by atoms with Gasteiger partial charge in [0, 0.05) is 11.8 Å². The standard InChI is InChI=1S/C17H14Br2N2O2/c1-3-13-15(14-6-9(2)4-5-21(14)20-13)16(22)10-7-11(18)17(23)12(19)8-10/h4-8,23H,3H2,1-2H3.